The van der Waals surface area contributed by atoms with Crippen LogP contribution in [0.25, 0.3) is 0 Å². The number of ether oxygens (including phenoxy) is 4. The highest BCUT2D eigenvalue weighted by Gasteiger charge is 2.30. The van der Waals surface area contributed by atoms with Crippen molar-refractivity contribution in [1.29, 1.82) is 0 Å². The molecule has 0 aliphatic rings. The lowest BCUT2D eigenvalue weighted by Gasteiger charge is -2.21. The Hall–Kier alpha value is -1.94. The fraction of sp³-hybridized carbons (Fsp3) is 0.943. The van der Waals surface area contributed by atoms with Crippen molar-refractivity contribution in [3.05, 3.63) is 0 Å². The second kappa shape index (κ2) is 63.5. The Kier molecular flexibility index (Phi) is 62.1. The lowest BCUT2D eigenvalue weighted by atomic mass is 9.99. The van der Waals surface area contributed by atoms with E-state index in [-0.39, 0.29) is 25.7 Å². The smallest absolute Gasteiger partial charge is 0.462 e. The molecule has 0 aromatic heterocycles. The van der Waals surface area contributed by atoms with E-state index in [1.807, 2.05) is 0 Å². The number of phosphoric acid groups is 2. The van der Waals surface area contributed by atoms with Crippen molar-refractivity contribution in [3.8, 4) is 0 Å². The van der Waals surface area contributed by atoms with Crippen LogP contribution >= 0.6 is 15.6 Å². The first-order chi connectivity index (χ1) is 43.1. The molecular formula is C70H136O17P2. The van der Waals surface area contributed by atoms with Crippen LogP contribution in [-0.4, -0.2) is 96.7 Å². The van der Waals surface area contributed by atoms with Gasteiger partial charge >= 0.3 is 39.5 Å². The highest BCUT2D eigenvalue weighted by molar-refractivity contribution is 7.47. The molecule has 0 rings (SSSR count). The molecule has 3 N–H and O–H groups in total. The van der Waals surface area contributed by atoms with Crippen LogP contribution in [0.2, 0.25) is 0 Å². The van der Waals surface area contributed by atoms with Gasteiger partial charge in [0.05, 0.1) is 26.4 Å². The zero-order valence-electron chi connectivity index (χ0n) is 57.6. The summed E-state index contributed by atoms with van der Waals surface area (Å²) >= 11 is 0. The molecule has 0 aliphatic heterocycles. The van der Waals surface area contributed by atoms with E-state index in [0.717, 1.165) is 95.8 Å². The monoisotopic (exact) mass is 1310 g/mol. The van der Waals surface area contributed by atoms with E-state index in [9.17, 15) is 43.2 Å². The van der Waals surface area contributed by atoms with Crippen LogP contribution in [0.5, 0.6) is 0 Å². The zero-order chi connectivity index (χ0) is 65.6. The van der Waals surface area contributed by atoms with Crippen molar-refractivity contribution < 1.29 is 80.2 Å². The van der Waals surface area contributed by atoms with Crippen LogP contribution in [0.3, 0.4) is 0 Å². The number of carbonyl (C=O) groups excluding carboxylic acids is 4. The molecule has 89 heavy (non-hydrogen) atoms. The molecule has 6 atom stereocenters. The number of unbranched alkanes of at least 4 members (excludes halogenated alkanes) is 41. The number of hydrogen-bond donors (Lipinski definition) is 3. The average molecular weight is 1310 g/mol. The van der Waals surface area contributed by atoms with Crippen LogP contribution in [0.4, 0.5) is 0 Å². The topological polar surface area (TPSA) is 237 Å². The summed E-state index contributed by atoms with van der Waals surface area (Å²) in [6.45, 7) is 7.25. The molecule has 17 nitrogen and oxygen atoms in total. The summed E-state index contributed by atoms with van der Waals surface area (Å²) in [4.78, 5) is 72.6. The zero-order valence-corrected chi connectivity index (χ0v) is 59.4. The Balaban J connectivity index is 5.26. The Morgan fingerprint density at radius 3 is 0.798 bits per heavy atom. The summed E-state index contributed by atoms with van der Waals surface area (Å²) in [6.07, 6.45) is 49.7. The summed E-state index contributed by atoms with van der Waals surface area (Å²) in [5, 5.41) is 10.6. The van der Waals surface area contributed by atoms with Gasteiger partial charge in [-0.25, -0.2) is 9.13 Å². The van der Waals surface area contributed by atoms with Gasteiger partial charge in [0.2, 0.25) is 0 Å². The highest BCUT2D eigenvalue weighted by Crippen LogP contribution is 2.45. The molecule has 0 saturated heterocycles. The third kappa shape index (κ3) is 63.2. The lowest BCUT2D eigenvalue weighted by molar-refractivity contribution is -0.161. The van der Waals surface area contributed by atoms with Crippen molar-refractivity contribution in [2.45, 2.75) is 380 Å². The van der Waals surface area contributed by atoms with E-state index in [1.165, 1.54) is 186 Å². The van der Waals surface area contributed by atoms with Gasteiger partial charge in [-0.05, 0) is 31.6 Å². The number of hydrogen-bond acceptors (Lipinski definition) is 15. The van der Waals surface area contributed by atoms with Crippen molar-refractivity contribution in [3.63, 3.8) is 0 Å². The Morgan fingerprint density at radius 1 is 0.315 bits per heavy atom. The van der Waals surface area contributed by atoms with E-state index < -0.39 is 97.5 Å². The first kappa shape index (κ1) is 87.1. The Labute approximate surface area is 543 Å². The largest absolute Gasteiger partial charge is 0.472 e. The summed E-state index contributed by atoms with van der Waals surface area (Å²) < 4.78 is 68.3. The van der Waals surface area contributed by atoms with Crippen LogP contribution in [-0.2, 0) is 65.4 Å². The van der Waals surface area contributed by atoms with E-state index >= 15 is 0 Å². The quantitative estimate of drug-likeness (QED) is 0.0222. The fourth-order valence-electron chi connectivity index (χ4n) is 10.6. The van der Waals surface area contributed by atoms with Crippen LogP contribution in [0.15, 0.2) is 0 Å². The van der Waals surface area contributed by atoms with Crippen molar-refractivity contribution >= 4 is 39.5 Å². The molecule has 0 heterocycles. The minimum Gasteiger partial charge on any atom is -0.462 e. The molecule has 0 bridgehead atoms. The molecule has 3 unspecified atom stereocenters. The summed E-state index contributed by atoms with van der Waals surface area (Å²) in [6, 6.07) is 0. The molecule has 0 saturated carbocycles. The van der Waals surface area contributed by atoms with E-state index in [1.54, 1.807) is 0 Å². The number of phosphoric ester groups is 2. The summed E-state index contributed by atoms with van der Waals surface area (Å²) in [5.74, 6) is -1.34. The maximum absolute atomic E-state index is 13.0. The number of aliphatic hydroxyl groups excluding tert-OH is 1. The van der Waals surface area contributed by atoms with Gasteiger partial charge in [-0.3, -0.25) is 37.3 Å². The van der Waals surface area contributed by atoms with Gasteiger partial charge in [0, 0.05) is 25.7 Å². The SMILES string of the molecule is CCCCCCCCCCCCCCCC(=O)O[C@H](COC(=O)CCCCCCCCCCC(C)CC)COP(=O)(O)OC[C@@H](O)COP(=O)(O)OC[C@@H](COC(=O)CCCCCCCCCCCCCC)OC(=O)CCCCCCCCCCCCCC. The maximum atomic E-state index is 13.0. The standard InChI is InChI=1S/C70H136O17P2/c1-6-10-13-16-19-22-25-28-31-34-41-46-51-56-70(75)87-66(60-81-68(73)54-49-44-39-36-35-37-42-47-52-63(5)9-4)62-85-89(78,79)83-58-64(71)57-82-88(76,77)84-61-65(86-69(74)55-50-45-40-33-30-27-24-21-18-15-12-8-3)59-80-67(72)53-48-43-38-32-29-26-23-20-17-14-11-7-2/h63-66,71H,6-62H2,1-5H3,(H,76,77)(H,78,79)/t63?,64-,65+,66+/m0/s1. The van der Waals surface area contributed by atoms with Crippen molar-refractivity contribution in [2.24, 2.45) is 5.92 Å². The minimum atomic E-state index is -4.95. The van der Waals surface area contributed by atoms with Gasteiger partial charge in [-0.15, -0.1) is 0 Å². The summed E-state index contributed by atoms with van der Waals surface area (Å²) in [7, 11) is -9.90. The van der Waals surface area contributed by atoms with Gasteiger partial charge in [-0.2, -0.15) is 0 Å². The predicted octanol–water partition coefficient (Wildman–Crippen LogP) is 20.1. The molecule has 0 aromatic carbocycles. The lowest BCUT2D eigenvalue weighted by Crippen LogP contribution is -2.30. The minimum absolute atomic E-state index is 0.107. The predicted molar refractivity (Wildman–Crippen MR) is 358 cm³/mol. The highest BCUT2D eigenvalue weighted by atomic mass is 31.2. The van der Waals surface area contributed by atoms with E-state index in [2.05, 4.69) is 34.6 Å². The van der Waals surface area contributed by atoms with Gasteiger partial charge in [-0.1, -0.05) is 311 Å². The molecular weight excluding hydrogens is 1170 g/mol. The van der Waals surface area contributed by atoms with Crippen molar-refractivity contribution in [1.82, 2.24) is 0 Å². The first-order valence-corrected chi connectivity index (χ1v) is 39.7. The molecule has 0 aliphatic carbocycles. The van der Waals surface area contributed by atoms with Crippen LogP contribution in [0.1, 0.15) is 362 Å². The molecule has 0 spiro atoms. The van der Waals surface area contributed by atoms with Gasteiger partial charge < -0.3 is 33.8 Å². The van der Waals surface area contributed by atoms with E-state index in [4.69, 9.17) is 37.0 Å². The van der Waals surface area contributed by atoms with Gasteiger partial charge in [0.1, 0.15) is 19.3 Å². The molecule has 0 fully saturated rings. The van der Waals surface area contributed by atoms with Crippen LogP contribution in [0, 0.1) is 5.92 Å². The van der Waals surface area contributed by atoms with E-state index in [0.29, 0.717) is 25.7 Å². The maximum Gasteiger partial charge on any atom is 0.472 e. The molecule has 0 aromatic rings. The number of esters is 4. The third-order valence-electron chi connectivity index (χ3n) is 16.6. The third-order valence-corrected chi connectivity index (χ3v) is 18.5. The number of rotatable bonds is 70. The van der Waals surface area contributed by atoms with Gasteiger partial charge in [0.25, 0.3) is 0 Å². The van der Waals surface area contributed by atoms with Crippen molar-refractivity contribution in [2.75, 3.05) is 39.6 Å². The number of carbonyl (C=O) groups is 4. The Morgan fingerprint density at radius 2 is 0.539 bits per heavy atom. The van der Waals surface area contributed by atoms with Crippen LogP contribution < -0.4 is 0 Å². The Bertz CT molecular complexity index is 1720. The second-order valence-corrected chi connectivity index (χ2v) is 28.4. The molecule has 0 radical (unpaired) electrons. The normalized spacial score (nSPS) is 14.4. The first-order valence-electron chi connectivity index (χ1n) is 36.7. The fourth-order valence-corrected chi connectivity index (χ4v) is 12.2. The summed E-state index contributed by atoms with van der Waals surface area (Å²) in [5.41, 5.74) is 0. The molecule has 19 heteroatoms. The number of aliphatic hydroxyl groups is 1. The van der Waals surface area contributed by atoms with Gasteiger partial charge in [0.15, 0.2) is 12.2 Å². The average Bonchev–Trinajstić information content (AvgIpc) is 3.59. The molecule has 0 amide bonds. The second-order valence-electron chi connectivity index (χ2n) is 25.5. The molecule has 528 valence electrons.